The van der Waals surface area contributed by atoms with Crippen LogP contribution < -0.4 is 5.32 Å². The lowest BCUT2D eigenvalue weighted by molar-refractivity contribution is 0.202. The van der Waals surface area contributed by atoms with Crippen LogP contribution in [0.5, 0.6) is 0 Å². The average molecular weight is 249 g/mol. The predicted octanol–water partition coefficient (Wildman–Crippen LogP) is 0.988. The zero-order chi connectivity index (χ0) is 11.5. The quantitative estimate of drug-likeness (QED) is 0.756. The summed E-state index contributed by atoms with van der Waals surface area (Å²) < 4.78 is 27.6. The van der Waals surface area contributed by atoms with Crippen molar-refractivity contribution in [3.63, 3.8) is 0 Å². The molecule has 1 aliphatic heterocycles. The summed E-state index contributed by atoms with van der Waals surface area (Å²) in [7, 11) is -2.95. The van der Waals surface area contributed by atoms with E-state index in [2.05, 4.69) is 5.32 Å². The van der Waals surface area contributed by atoms with Crippen LogP contribution in [0.25, 0.3) is 0 Å². The second-order valence-corrected chi connectivity index (χ2v) is 6.01. The Morgan fingerprint density at radius 3 is 2.87 bits per heavy atom. The Balaban J connectivity index is 2.41. The van der Waals surface area contributed by atoms with E-state index in [1.165, 1.54) is 0 Å². The van der Waals surface area contributed by atoms with Crippen LogP contribution in [0.2, 0.25) is 0 Å². The Bertz CT molecular complexity index is 373. The first kappa shape index (κ1) is 12.4. The molecular formula is C9H15NO3S2. The van der Waals surface area contributed by atoms with Gasteiger partial charge in [0, 0.05) is 5.70 Å². The van der Waals surface area contributed by atoms with Gasteiger partial charge in [0.25, 0.3) is 5.17 Å². The molecule has 6 heteroatoms. The SMILES string of the molecule is CCC(C)OC(=S)NC1=CCS(=O)(=O)C1. The maximum absolute atomic E-state index is 11.1. The molecule has 1 unspecified atom stereocenters. The van der Waals surface area contributed by atoms with Gasteiger partial charge in [-0.1, -0.05) is 6.92 Å². The van der Waals surface area contributed by atoms with E-state index in [0.717, 1.165) is 6.42 Å². The summed E-state index contributed by atoms with van der Waals surface area (Å²) in [6.07, 6.45) is 2.53. The molecular weight excluding hydrogens is 234 g/mol. The van der Waals surface area contributed by atoms with Gasteiger partial charge >= 0.3 is 0 Å². The first-order chi connectivity index (χ1) is 6.93. The van der Waals surface area contributed by atoms with Crippen LogP contribution in [-0.2, 0) is 14.6 Å². The highest BCUT2D eigenvalue weighted by Gasteiger charge is 2.20. The first-order valence-electron chi connectivity index (χ1n) is 4.80. The minimum Gasteiger partial charge on any atom is -0.468 e. The normalized spacial score (nSPS) is 20.5. The van der Waals surface area contributed by atoms with Crippen molar-refractivity contribution < 1.29 is 13.2 Å². The molecule has 0 aliphatic carbocycles. The van der Waals surface area contributed by atoms with Gasteiger partial charge in [0.15, 0.2) is 9.84 Å². The molecule has 0 aromatic heterocycles. The smallest absolute Gasteiger partial charge is 0.261 e. The highest BCUT2D eigenvalue weighted by atomic mass is 32.2. The number of sulfone groups is 1. The zero-order valence-corrected chi connectivity index (χ0v) is 10.5. The third-order valence-corrected chi connectivity index (χ3v) is 3.73. The monoisotopic (exact) mass is 249 g/mol. The molecule has 4 nitrogen and oxygen atoms in total. The van der Waals surface area contributed by atoms with Crippen LogP contribution >= 0.6 is 12.2 Å². The van der Waals surface area contributed by atoms with Crippen LogP contribution in [0.1, 0.15) is 20.3 Å². The van der Waals surface area contributed by atoms with E-state index in [9.17, 15) is 8.42 Å². The molecule has 1 N–H and O–H groups in total. The Morgan fingerprint density at radius 2 is 2.40 bits per heavy atom. The van der Waals surface area contributed by atoms with Gasteiger partial charge in [-0.05, 0) is 31.6 Å². The molecule has 0 aromatic rings. The van der Waals surface area contributed by atoms with E-state index in [0.29, 0.717) is 5.70 Å². The lowest BCUT2D eigenvalue weighted by Gasteiger charge is -2.14. The summed E-state index contributed by atoms with van der Waals surface area (Å²) in [6, 6.07) is 0. The topological polar surface area (TPSA) is 55.4 Å². The van der Waals surface area contributed by atoms with Crippen molar-refractivity contribution in [1.29, 1.82) is 0 Å². The summed E-state index contributed by atoms with van der Waals surface area (Å²) in [5.41, 5.74) is 0.614. The van der Waals surface area contributed by atoms with Crippen LogP contribution in [0.15, 0.2) is 11.8 Å². The van der Waals surface area contributed by atoms with Crippen molar-refractivity contribution in [2.45, 2.75) is 26.4 Å². The van der Waals surface area contributed by atoms with Crippen LogP contribution in [0.4, 0.5) is 0 Å². The van der Waals surface area contributed by atoms with E-state index < -0.39 is 9.84 Å². The predicted molar refractivity (Wildman–Crippen MR) is 63.3 cm³/mol. The lowest BCUT2D eigenvalue weighted by atomic mass is 10.3. The van der Waals surface area contributed by atoms with Crippen molar-refractivity contribution in [3.8, 4) is 0 Å². The molecule has 0 bridgehead atoms. The van der Waals surface area contributed by atoms with Gasteiger partial charge in [-0.25, -0.2) is 8.42 Å². The summed E-state index contributed by atoms with van der Waals surface area (Å²) >= 11 is 4.94. The molecule has 0 aromatic carbocycles. The fraction of sp³-hybridized carbons (Fsp3) is 0.667. The minimum absolute atomic E-state index is 0.0248. The minimum atomic E-state index is -2.95. The molecule has 0 radical (unpaired) electrons. The third-order valence-electron chi connectivity index (χ3n) is 2.10. The number of ether oxygens (including phenoxy) is 1. The largest absolute Gasteiger partial charge is 0.468 e. The molecule has 0 saturated heterocycles. The molecule has 1 rings (SSSR count). The lowest BCUT2D eigenvalue weighted by Crippen LogP contribution is -2.28. The van der Waals surface area contributed by atoms with E-state index in [1.54, 1.807) is 6.08 Å². The van der Waals surface area contributed by atoms with Crippen molar-refractivity contribution in [2.75, 3.05) is 11.5 Å². The molecule has 0 spiro atoms. The van der Waals surface area contributed by atoms with Crippen LogP contribution in [0, 0.1) is 0 Å². The van der Waals surface area contributed by atoms with E-state index in [-0.39, 0.29) is 22.8 Å². The molecule has 1 atom stereocenters. The number of hydrogen-bond acceptors (Lipinski definition) is 4. The van der Waals surface area contributed by atoms with Gasteiger partial charge in [-0.2, -0.15) is 0 Å². The Labute approximate surface area is 95.6 Å². The molecule has 1 heterocycles. The number of rotatable bonds is 3. The fourth-order valence-corrected chi connectivity index (χ4v) is 2.63. The van der Waals surface area contributed by atoms with Crippen LogP contribution in [0.3, 0.4) is 0 Å². The van der Waals surface area contributed by atoms with Gasteiger partial charge in [0.05, 0.1) is 17.6 Å². The highest BCUT2D eigenvalue weighted by Crippen LogP contribution is 2.09. The van der Waals surface area contributed by atoms with Crippen molar-refractivity contribution >= 4 is 27.2 Å². The summed E-state index contributed by atoms with van der Waals surface area (Å²) in [4.78, 5) is 0. The molecule has 0 saturated carbocycles. The number of thiocarbonyl (C=S) groups is 1. The van der Waals surface area contributed by atoms with Crippen molar-refractivity contribution in [3.05, 3.63) is 11.8 Å². The second kappa shape index (κ2) is 4.94. The highest BCUT2D eigenvalue weighted by molar-refractivity contribution is 7.92. The van der Waals surface area contributed by atoms with Crippen molar-refractivity contribution in [2.24, 2.45) is 0 Å². The fourth-order valence-electron chi connectivity index (χ4n) is 1.10. The summed E-state index contributed by atoms with van der Waals surface area (Å²) in [5.74, 6) is 0.109. The van der Waals surface area contributed by atoms with E-state index in [4.69, 9.17) is 17.0 Å². The van der Waals surface area contributed by atoms with Gasteiger partial charge < -0.3 is 10.1 Å². The zero-order valence-electron chi connectivity index (χ0n) is 8.82. The van der Waals surface area contributed by atoms with Gasteiger partial charge in [0.1, 0.15) is 0 Å². The van der Waals surface area contributed by atoms with Gasteiger partial charge in [-0.3, -0.25) is 0 Å². The Hall–Kier alpha value is -0.620. The third kappa shape index (κ3) is 4.17. The molecule has 0 fully saturated rings. The molecule has 1 aliphatic rings. The molecule has 0 amide bonds. The molecule has 86 valence electrons. The van der Waals surface area contributed by atoms with Crippen LogP contribution in [-0.4, -0.2) is 31.2 Å². The number of nitrogens with one attached hydrogen (secondary N) is 1. The van der Waals surface area contributed by atoms with Gasteiger partial charge in [-0.15, -0.1) is 0 Å². The maximum Gasteiger partial charge on any atom is 0.261 e. The standard InChI is InChI=1S/C9H15NO3S2/c1-3-7(2)13-9(14)10-8-4-5-15(11,12)6-8/h4,7H,3,5-6H2,1-2H3,(H,10,14). The first-order valence-corrected chi connectivity index (χ1v) is 7.03. The van der Waals surface area contributed by atoms with Crippen molar-refractivity contribution in [1.82, 2.24) is 5.32 Å². The Kier molecular flexibility index (Phi) is 4.10. The molecule has 15 heavy (non-hydrogen) atoms. The van der Waals surface area contributed by atoms with Gasteiger partial charge in [0.2, 0.25) is 0 Å². The number of hydrogen-bond donors (Lipinski definition) is 1. The van der Waals surface area contributed by atoms with E-state index in [1.807, 2.05) is 13.8 Å². The maximum atomic E-state index is 11.1. The Morgan fingerprint density at radius 1 is 1.73 bits per heavy atom. The van der Waals surface area contributed by atoms with E-state index >= 15 is 0 Å². The summed E-state index contributed by atoms with van der Waals surface area (Å²) in [5, 5.41) is 3.03. The average Bonchev–Trinajstić information content (AvgIpc) is 2.44. The second-order valence-electron chi connectivity index (χ2n) is 3.53. The summed E-state index contributed by atoms with van der Waals surface area (Å²) in [6.45, 7) is 3.90.